The van der Waals surface area contributed by atoms with Crippen LogP contribution in [0.1, 0.15) is 33.1 Å². The maximum atomic E-state index is 11.9. The number of ether oxygens (including phenoxy) is 1. The second-order valence-electron chi connectivity index (χ2n) is 6.68. The Balaban J connectivity index is 1.99. The Hall–Kier alpha value is -1.16. The van der Waals surface area contributed by atoms with E-state index in [1.807, 2.05) is 6.92 Å². The van der Waals surface area contributed by atoms with E-state index in [1.165, 1.54) is 0 Å². The molecule has 0 unspecified atom stereocenters. The Morgan fingerprint density at radius 3 is 2.79 bits per heavy atom. The first-order valence-corrected chi connectivity index (χ1v) is 6.95. The van der Waals surface area contributed by atoms with Gasteiger partial charge in [-0.3, -0.25) is 4.79 Å². The third-order valence-electron chi connectivity index (χ3n) is 5.57. The highest BCUT2D eigenvalue weighted by Gasteiger charge is 2.58. The van der Waals surface area contributed by atoms with Gasteiger partial charge in [0, 0.05) is 23.3 Å². The molecule has 0 bridgehead atoms. The summed E-state index contributed by atoms with van der Waals surface area (Å²) in [6, 6.07) is 0. The Bertz CT molecular complexity index is 469. The largest absolute Gasteiger partial charge is 0.458 e. The number of Topliss-reactive ketones (excluding diaryl/α,β-unsaturated/α-hetero) is 1. The van der Waals surface area contributed by atoms with Crippen LogP contribution in [-0.2, 0) is 14.3 Å². The first kappa shape index (κ1) is 12.9. The van der Waals surface area contributed by atoms with Crippen LogP contribution in [0.4, 0.5) is 0 Å². The van der Waals surface area contributed by atoms with Gasteiger partial charge in [0.2, 0.25) is 0 Å². The van der Waals surface area contributed by atoms with Gasteiger partial charge in [-0.2, -0.15) is 0 Å². The van der Waals surface area contributed by atoms with Crippen LogP contribution in [0.3, 0.4) is 0 Å². The van der Waals surface area contributed by atoms with Crippen molar-refractivity contribution in [3.05, 3.63) is 12.2 Å². The number of carbonyl (C=O) groups excluding carboxylic acids is 2. The molecule has 3 rings (SSSR count). The summed E-state index contributed by atoms with van der Waals surface area (Å²) in [4.78, 5) is 23.5. The van der Waals surface area contributed by atoms with Crippen LogP contribution in [0.5, 0.6) is 0 Å². The second-order valence-corrected chi connectivity index (χ2v) is 6.68. The highest BCUT2D eigenvalue weighted by molar-refractivity contribution is 5.91. The van der Waals surface area contributed by atoms with Crippen molar-refractivity contribution in [1.29, 1.82) is 0 Å². The van der Waals surface area contributed by atoms with E-state index in [-0.39, 0.29) is 35.6 Å². The normalized spacial score (nSPS) is 49.6. The van der Waals surface area contributed by atoms with Crippen LogP contribution < -0.4 is 0 Å². The molecule has 0 spiro atoms. The van der Waals surface area contributed by atoms with Gasteiger partial charge in [-0.25, -0.2) is 4.79 Å². The third-order valence-corrected chi connectivity index (χ3v) is 5.57. The Labute approximate surface area is 112 Å². The molecule has 2 saturated carbocycles. The fourth-order valence-electron chi connectivity index (χ4n) is 4.39. The number of rotatable bonds is 0. The number of aliphatic hydroxyl groups excluding tert-OH is 1. The Kier molecular flexibility index (Phi) is 2.65. The molecule has 4 heteroatoms. The van der Waals surface area contributed by atoms with Gasteiger partial charge in [0.15, 0.2) is 5.78 Å². The van der Waals surface area contributed by atoms with E-state index in [4.69, 9.17) is 4.74 Å². The molecule has 0 aromatic heterocycles. The van der Waals surface area contributed by atoms with Crippen molar-refractivity contribution in [1.82, 2.24) is 0 Å². The van der Waals surface area contributed by atoms with Crippen molar-refractivity contribution < 1.29 is 19.4 Å². The predicted molar refractivity (Wildman–Crippen MR) is 68.1 cm³/mol. The van der Waals surface area contributed by atoms with Crippen molar-refractivity contribution in [2.24, 2.45) is 23.2 Å². The zero-order chi connectivity index (χ0) is 13.9. The van der Waals surface area contributed by atoms with Crippen molar-refractivity contribution in [2.75, 3.05) is 0 Å². The lowest BCUT2D eigenvalue weighted by Crippen LogP contribution is -2.37. The van der Waals surface area contributed by atoms with Gasteiger partial charge in [0.05, 0.1) is 0 Å². The molecule has 0 aromatic rings. The minimum absolute atomic E-state index is 0.0505. The molecule has 0 aromatic carbocycles. The number of hydrogen-bond donors (Lipinski definition) is 1. The minimum Gasteiger partial charge on any atom is -0.458 e. The van der Waals surface area contributed by atoms with E-state index in [0.29, 0.717) is 18.4 Å². The predicted octanol–water partition coefficient (Wildman–Crippen LogP) is 1.47. The number of aliphatic hydroxyl groups is 1. The lowest BCUT2D eigenvalue weighted by molar-refractivity contribution is -0.139. The zero-order valence-electron chi connectivity index (χ0n) is 11.4. The Morgan fingerprint density at radius 2 is 2.11 bits per heavy atom. The average Bonchev–Trinajstić information content (AvgIpc) is 2.68. The zero-order valence-corrected chi connectivity index (χ0v) is 11.4. The van der Waals surface area contributed by atoms with Gasteiger partial charge in [0.1, 0.15) is 12.2 Å². The second kappa shape index (κ2) is 3.92. The molecule has 1 heterocycles. The minimum atomic E-state index is -0.915. The van der Waals surface area contributed by atoms with Gasteiger partial charge < -0.3 is 9.84 Å². The van der Waals surface area contributed by atoms with Crippen LogP contribution in [-0.4, -0.2) is 29.1 Å². The van der Waals surface area contributed by atoms with Crippen molar-refractivity contribution in [3.63, 3.8) is 0 Å². The van der Waals surface area contributed by atoms with Gasteiger partial charge in [-0.1, -0.05) is 20.4 Å². The molecule has 104 valence electrons. The summed E-state index contributed by atoms with van der Waals surface area (Å²) in [5.41, 5.74) is 0.0537. The van der Waals surface area contributed by atoms with E-state index in [1.54, 1.807) is 0 Å². The van der Waals surface area contributed by atoms with E-state index in [2.05, 4.69) is 13.5 Å². The smallest absolute Gasteiger partial charge is 0.334 e. The van der Waals surface area contributed by atoms with Crippen molar-refractivity contribution in [3.8, 4) is 0 Å². The average molecular weight is 264 g/mol. The summed E-state index contributed by atoms with van der Waals surface area (Å²) in [5, 5.41) is 10.3. The molecule has 19 heavy (non-hydrogen) atoms. The fraction of sp³-hybridized carbons (Fsp3) is 0.733. The summed E-state index contributed by atoms with van der Waals surface area (Å²) in [6.07, 6.45) is 0.778. The summed E-state index contributed by atoms with van der Waals surface area (Å²) < 4.78 is 5.40. The number of carbonyl (C=O) groups is 2. The molecule has 1 saturated heterocycles. The van der Waals surface area contributed by atoms with Gasteiger partial charge in [0.25, 0.3) is 0 Å². The first-order valence-electron chi connectivity index (χ1n) is 6.95. The standard InChI is InChI=1S/C15H20O4/c1-7-4-12-9(8(2)14(18)19-12)6-15(3)10(7)5-11(16)13(15)17/h7,9-10,12-13,17H,2,4-6H2,1,3H3/t7-,9-,10+,12-,13+,15+/m1/s1. The molecule has 3 aliphatic rings. The molecular weight excluding hydrogens is 244 g/mol. The summed E-state index contributed by atoms with van der Waals surface area (Å²) in [5.74, 6) is 0.00844. The number of fused-ring (bicyclic) bond motifs is 2. The highest BCUT2D eigenvalue weighted by Crippen LogP contribution is 2.55. The fourth-order valence-corrected chi connectivity index (χ4v) is 4.39. The van der Waals surface area contributed by atoms with Crippen molar-refractivity contribution in [2.45, 2.75) is 45.3 Å². The Morgan fingerprint density at radius 1 is 1.42 bits per heavy atom. The van der Waals surface area contributed by atoms with Crippen molar-refractivity contribution >= 4 is 11.8 Å². The van der Waals surface area contributed by atoms with E-state index in [9.17, 15) is 14.7 Å². The molecule has 4 nitrogen and oxygen atoms in total. The molecule has 3 fully saturated rings. The van der Waals surface area contributed by atoms with E-state index in [0.717, 1.165) is 6.42 Å². The maximum absolute atomic E-state index is 11.9. The third kappa shape index (κ3) is 1.62. The first-order chi connectivity index (χ1) is 8.84. The van der Waals surface area contributed by atoms with Crippen LogP contribution in [0.25, 0.3) is 0 Å². The summed E-state index contributed by atoms with van der Waals surface area (Å²) in [6.45, 7) is 7.90. The van der Waals surface area contributed by atoms with Crippen LogP contribution in [0, 0.1) is 23.2 Å². The monoisotopic (exact) mass is 264 g/mol. The molecule has 0 amide bonds. The lowest BCUT2D eigenvalue weighted by atomic mass is 9.69. The molecule has 2 aliphatic carbocycles. The summed E-state index contributed by atoms with van der Waals surface area (Å²) >= 11 is 0. The number of hydrogen-bond acceptors (Lipinski definition) is 4. The molecule has 1 aliphatic heterocycles. The highest BCUT2D eigenvalue weighted by atomic mass is 16.6. The van der Waals surface area contributed by atoms with E-state index < -0.39 is 11.5 Å². The molecule has 6 atom stereocenters. The van der Waals surface area contributed by atoms with Crippen LogP contribution >= 0.6 is 0 Å². The van der Waals surface area contributed by atoms with Crippen LogP contribution in [0.2, 0.25) is 0 Å². The van der Waals surface area contributed by atoms with E-state index >= 15 is 0 Å². The topological polar surface area (TPSA) is 63.6 Å². The number of esters is 1. The molecule has 0 radical (unpaired) electrons. The lowest BCUT2D eigenvalue weighted by Gasteiger charge is -2.35. The van der Waals surface area contributed by atoms with Gasteiger partial charge >= 0.3 is 5.97 Å². The SMILES string of the molecule is C=C1C(=O)O[C@@H]2C[C@@H](C)[C@@H]3CC(=O)[C@H](O)[C@@]3(C)C[C@H]12. The maximum Gasteiger partial charge on any atom is 0.334 e. The quantitative estimate of drug-likeness (QED) is 0.531. The number of ketones is 1. The summed E-state index contributed by atoms with van der Waals surface area (Å²) in [7, 11) is 0. The van der Waals surface area contributed by atoms with Gasteiger partial charge in [-0.05, 0) is 24.7 Å². The van der Waals surface area contributed by atoms with Crippen LogP contribution in [0.15, 0.2) is 12.2 Å². The molecule has 1 N–H and O–H groups in total. The molecular formula is C15H20O4. The van der Waals surface area contributed by atoms with Gasteiger partial charge in [-0.15, -0.1) is 0 Å².